The third kappa shape index (κ3) is 3.26. The number of carboxylic acids is 1. The topological polar surface area (TPSA) is 89.1 Å². The molecular weight excluding hydrogens is 320 g/mol. The fourth-order valence-corrected chi connectivity index (χ4v) is 2.56. The van der Waals surface area contributed by atoms with Crippen LogP contribution in [-0.2, 0) is 17.9 Å². The van der Waals surface area contributed by atoms with Gasteiger partial charge in [-0.05, 0) is 17.7 Å². The van der Waals surface area contributed by atoms with Gasteiger partial charge >= 0.3 is 5.97 Å². The Hall–Kier alpha value is -2.61. The molecule has 3 heterocycles. The van der Waals surface area contributed by atoms with Crippen LogP contribution in [0.3, 0.4) is 0 Å². The molecule has 0 atom stereocenters. The summed E-state index contributed by atoms with van der Waals surface area (Å²) >= 11 is 5.99. The molecule has 1 N–H and O–H groups in total. The van der Waals surface area contributed by atoms with E-state index in [0.29, 0.717) is 23.4 Å². The van der Waals surface area contributed by atoms with Gasteiger partial charge in [-0.3, -0.25) is 4.79 Å². The molecule has 0 aliphatic rings. The van der Waals surface area contributed by atoms with Gasteiger partial charge in [-0.15, -0.1) is 0 Å². The summed E-state index contributed by atoms with van der Waals surface area (Å²) in [4.78, 5) is 25.4. The highest BCUT2D eigenvalue weighted by atomic mass is 35.5. The number of anilines is 1. The average Bonchev–Trinajstić information content (AvgIpc) is 3.13. The zero-order valence-corrected chi connectivity index (χ0v) is 13.2. The van der Waals surface area contributed by atoms with Crippen LogP contribution in [0.5, 0.6) is 0 Å². The molecule has 9 heteroatoms. The molecule has 0 unspecified atom stereocenters. The highest BCUT2D eigenvalue weighted by molar-refractivity contribution is 6.28. The maximum Gasteiger partial charge on any atom is 0.323 e. The number of carboxylic acid groups (broad SMARTS) is 1. The van der Waals surface area contributed by atoms with Crippen LogP contribution in [0, 0.1) is 0 Å². The van der Waals surface area contributed by atoms with E-state index in [0.717, 1.165) is 6.54 Å². The number of fused-ring (bicyclic) bond motifs is 1. The Balaban J connectivity index is 1.94. The van der Waals surface area contributed by atoms with E-state index in [4.69, 9.17) is 16.7 Å². The normalized spacial score (nSPS) is 11.0. The van der Waals surface area contributed by atoms with Crippen molar-refractivity contribution in [2.24, 2.45) is 0 Å². The first-order valence-electron chi connectivity index (χ1n) is 6.95. The summed E-state index contributed by atoms with van der Waals surface area (Å²) < 4.78 is 3.56. The Kier molecular flexibility index (Phi) is 4.16. The maximum atomic E-state index is 11.0. The van der Waals surface area contributed by atoms with Gasteiger partial charge in [0.1, 0.15) is 12.1 Å². The van der Waals surface area contributed by atoms with Crippen molar-refractivity contribution in [2.75, 3.05) is 18.5 Å². The van der Waals surface area contributed by atoms with Gasteiger partial charge in [-0.1, -0.05) is 0 Å². The zero-order chi connectivity index (χ0) is 16.4. The summed E-state index contributed by atoms with van der Waals surface area (Å²) in [6.07, 6.45) is 7.02. The first kappa shape index (κ1) is 15.3. The van der Waals surface area contributed by atoms with E-state index < -0.39 is 5.97 Å². The predicted octanol–water partition coefficient (Wildman–Crippen LogP) is 1.50. The number of halogens is 1. The van der Waals surface area contributed by atoms with Crippen LogP contribution in [0.25, 0.3) is 11.0 Å². The number of nitrogens with zero attached hydrogens (tertiary/aromatic N) is 6. The molecule has 23 heavy (non-hydrogen) atoms. The van der Waals surface area contributed by atoms with Crippen molar-refractivity contribution in [1.29, 1.82) is 0 Å². The Morgan fingerprint density at radius 2 is 2.22 bits per heavy atom. The number of carbonyl (C=O) groups is 1. The average molecular weight is 335 g/mol. The molecule has 0 bridgehead atoms. The molecule has 0 amide bonds. The van der Waals surface area contributed by atoms with Crippen molar-refractivity contribution in [3.05, 3.63) is 36.3 Å². The summed E-state index contributed by atoms with van der Waals surface area (Å²) in [7, 11) is 1.88. The van der Waals surface area contributed by atoms with Crippen molar-refractivity contribution in [1.82, 2.24) is 24.1 Å². The van der Waals surface area contributed by atoms with Crippen LogP contribution in [0.1, 0.15) is 0 Å². The third-order valence-electron chi connectivity index (χ3n) is 3.48. The van der Waals surface area contributed by atoms with Gasteiger partial charge in [0.25, 0.3) is 0 Å². The lowest BCUT2D eigenvalue weighted by Crippen LogP contribution is -2.24. The van der Waals surface area contributed by atoms with Crippen LogP contribution in [0.4, 0.5) is 5.82 Å². The van der Waals surface area contributed by atoms with Crippen molar-refractivity contribution in [3.63, 3.8) is 0 Å². The van der Waals surface area contributed by atoms with Crippen LogP contribution in [-0.4, -0.2) is 48.8 Å². The number of likely N-dealkylation sites (N-methyl/N-ethyl adjacent to an activating group) is 1. The smallest absolute Gasteiger partial charge is 0.323 e. The van der Waals surface area contributed by atoms with E-state index in [1.807, 2.05) is 22.7 Å². The number of imidazole rings is 1. The molecule has 120 valence electrons. The number of aliphatic carboxylic acids is 1. The van der Waals surface area contributed by atoms with E-state index in [1.165, 1.54) is 0 Å². The fraction of sp³-hybridized carbons (Fsp3) is 0.286. The molecule has 0 aliphatic heterocycles. The van der Waals surface area contributed by atoms with Crippen molar-refractivity contribution in [3.8, 4) is 0 Å². The largest absolute Gasteiger partial charge is 0.480 e. The van der Waals surface area contributed by atoms with Gasteiger partial charge < -0.3 is 19.1 Å². The molecule has 3 aromatic rings. The molecular formula is C14H15ClN6O2. The van der Waals surface area contributed by atoms with E-state index in [2.05, 4.69) is 15.0 Å². The van der Waals surface area contributed by atoms with Crippen LogP contribution >= 0.6 is 11.6 Å². The van der Waals surface area contributed by atoms with Crippen LogP contribution in [0.2, 0.25) is 5.28 Å². The lowest BCUT2D eigenvalue weighted by molar-refractivity contribution is -0.137. The summed E-state index contributed by atoms with van der Waals surface area (Å²) in [5.74, 6) is -0.323. The van der Waals surface area contributed by atoms with Gasteiger partial charge in [-0.2, -0.15) is 4.98 Å². The van der Waals surface area contributed by atoms with Crippen molar-refractivity contribution >= 4 is 34.4 Å². The van der Waals surface area contributed by atoms with E-state index >= 15 is 0 Å². The van der Waals surface area contributed by atoms with Crippen LogP contribution < -0.4 is 4.90 Å². The minimum Gasteiger partial charge on any atom is -0.480 e. The molecule has 0 spiro atoms. The van der Waals surface area contributed by atoms with E-state index in [-0.39, 0.29) is 11.8 Å². The fourth-order valence-electron chi connectivity index (χ4n) is 2.39. The first-order chi connectivity index (χ1) is 11.0. The van der Waals surface area contributed by atoms with Crippen molar-refractivity contribution < 1.29 is 9.90 Å². The Bertz CT molecular complexity index is 829. The summed E-state index contributed by atoms with van der Waals surface area (Å²) in [5.41, 5.74) is 1.28. The molecule has 0 radical (unpaired) electrons. The van der Waals surface area contributed by atoms with Gasteiger partial charge in [-0.25, -0.2) is 9.97 Å². The molecule has 0 aromatic carbocycles. The maximum absolute atomic E-state index is 11.0. The second-order valence-corrected chi connectivity index (χ2v) is 5.45. The second kappa shape index (κ2) is 6.25. The van der Waals surface area contributed by atoms with Gasteiger partial charge in [0.05, 0.1) is 11.8 Å². The molecule has 0 saturated carbocycles. The Morgan fingerprint density at radius 3 is 2.91 bits per heavy atom. The molecule has 3 rings (SSSR count). The van der Waals surface area contributed by atoms with E-state index in [1.54, 1.807) is 29.4 Å². The van der Waals surface area contributed by atoms with Gasteiger partial charge in [0.2, 0.25) is 5.28 Å². The molecule has 0 fully saturated rings. The molecule has 3 aromatic heterocycles. The Morgan fingerprint density at radius 1 is 1.39 bits per heavy atom. The number of rotatable bonds is 6. The quantitative estimate of drug-likeness (QED) is 0.687. The Labute approximate surface area is 137 Å². The molecule has 0 aliphatic carbocycles. The monoisotopic (exact) mass is 334 g/mol. The minimum absolute atomic E-state index is 0.134. The number of aromatic nitrogens is 5. The molecule has 0 saturated heterocycles. The second-order valence-electron chi connectivity index (χ2n) is 5.11. The van der Waals surface area contributed by atoms with E-state index in [9.17, 15) is 4.79 Å². The standard InChI is InChI=1S/C14H15ClN6O2/c1-19(6-7-20-5-3-16-9-20)13-12-10(17-14(15)18-13)2-4-21(12)8-11(22)23/h2-5,9H,6-8H2,1H3,(H,22,23). The summed E-state index contributed by atoms with van der Waals surface area (Å²) in [5, 5.41) is 9.18. The molecule has 8 nitrogen and oxygen atoms in total. The van der Waals surface area contributed by atoms with Crippen molar-refractivity contribution in [2.45, 2.75) is 13.1 Å². The SMILES string of the molecule is CN(CCn1ccnc1)c1nc(Cl)nc2ccn(CC(=O)O)c12. The number of hydrogen-bond donors (Lipinski definition) is 1. The van der Waals surface area contributed by atoms with Gasteiger partial charge in [0.15, 0.2) is 5.82 Å². The zero-order valence-electron chi connectivity index (χ0n) is 12.4. The first-order valence-corrected chi connectivity index (χ1v) is 7.33. The van der Waals surface area contributed by atoms with Gasteiger partial charge in [0, 0.05) is 38.7 Å². The van der Waals surface area contributed by atoms with Crippen LogP contribution in [0.15, 0.2) is 31.0 Å². The lowest BCUT2D eigenvalue weighted by atomic mass is 10.4. The number of hydrogen-bond acceptors (Lipinski definition) is 5. The third-order valence-corrected chi connectivity index (χ3v) is 3.65. The summed E-state index contributed by atoms with van der Waals surface area (Å²) in [6, 6.07) is 1.74. The highest BCUT2D eigenvalue weighted by Gasteiger charge is 2.16. The summed E-state index contributed by atoms with van der Waals surface area (Å²) in [6.45, 7) is 1.23. The predicted molar refractivity (Wildman–Crippen MR) is 85.7 cm³/mol. The lowest BCUT2D eigenvalue weighted by Gasteiger charge is -2.20. The highest BCUT2D eigenvalue weighted by Crippen LogP contribution is 2.25. The minimum atomic E-state index is -0.926.